The van der Waals surface area contributed by atoms with E-state index in [2.05, 4.69) is 15.5 Å². The molecule has 1 aliphatic heterocycles. The lowest BCUT2D eigenvalue weighted by Gasteiger charge is -2.19. The van der Waals surface area contributed by atoms with Gasteiger partial charge in [0.2, 0.25) is 5.91 Å². The Balaban J connectivity index is 1.53. The Morgan fingerprint density at radius 3 is 2.59 bits per heavy atom. The molecule has 7 nitrogen and oxygen atoms in total. The predicted molar refractivity (Wildman–Crippen MR) is 99.8 cm³/mol. The number of carbonyl (C=O) groups is 2. The lowest BCUT2D eigenvalue weighted by molar-refractivity contribution is -0.119. The van der Waals surface area contributed by atoms with E-state index in [-0.39, 0.29) is 23.8 Å². The van der Waals surface area contributed by atoms with Crippen molar-refractivity contribution in [2.45, 2.75) is 37.6 Å². The highest BCUT2D eigenvalue weighted by Gasteiger charge is 2.38. The van der Waals surface area contributed by atoms with Crippen LogP contribution in [-0.4, -0.2) is 53.2 Å². The number of likely N-dealkylation sites (tertiary alicyclic amines) is 1. The molecule has 2 unspecified atom stereocenters. The summed E-state index contributed by atoms with van der Waals surface area (Å²) in [5.74, 6) is 1.15. The van der Waals surface area contributed by atoms with E-state index in [0.717, 1.165) is 29.8 Å². The number of methoxy groups -OCH3 is 1. The molecular weight excluding hydrogens is 344 g/mol. The average Bonchev–Trinajstić information content (AvgIpc) is 3.25. The summed E-state index contributed by atoms with van der Waals surface area (Å²) in [7, 11) is 1.63. The summed E-state index contributed by atoms with van der Waals surface area (Å²) in [5.41, 5.74) is 2.57. The zero-order chi connectivity index (χ0) is 19.0. The van der Waals surface area contributed by atoms with Gasteiger partial charge in [-0.2, -0.15) is 5.10 Å². The van der Waals surface area contributed by atoms with Crippen LogP contribution >= 0.6 is 0 Å². The normalized spacial score (nSPS) is 21.9. The molecule has 4 rings (SSSR count). The third-order valence-corrected chi connectivity index (χ3v) is 5.37. The molecule has 0 spiro atoms. The quantitative estimate of drug-likeness (QED) is 0.845. The highest BCUT2D eigenvalue weighted by molar-refractivity contribution is 5.93. The monoisotopic (exact) mass is 368 g/mol. The third-order valence-electron chi connectivity index (χ3n) is 5.37. The number of aromatic amines is 1. The van der Waals surface area contributed by atoms with Gasteiger partial charge >= 0.3 is 0 Å². The Morgan fingerprint density at radius 2 is 1.96 bits per heavy atom. The lowest BCUT2D eigenvalue weighted by atomic mass is 9.94. The lowest BCUT2D eigenvalue weighted by Crippen LogP contribution is -2.39. The molecule has 2 atom stereocenters. The van der Waals surface area contributed by atoms with E-state index in [1.165, 1.54) is 6.92 Å². The van der Waals surface area contributed by atoms with Crippen molar-refractivity contribution in [1.82, 2.24) is 20.4 Å². The molecule has 2 aromatic rings. The molecule has 0 radical (unpaired) electrons. The second-order valence-corrected chi connectivity index (χ2v) is 7.38. The van der Waals surface area contributed by atoms with Crippen LogP contribution in [0, 0.1) is 0 Å². The van der Waals surface area contributed by atoms with Gasteiger partial charge in [0, 0.05) is 37.5 Å². The van der Waals surface area contributed by atoms with Crippen LogP contribution in [0.4, 0.5) is 0 Å². The largest absolute Gasteiger partial charge is 0.497 e. The molecule has 1 saturated heterocycles. The summed E-state index contributed by atoms with van der Waals surface area (Å²) in [6, 6.07) is 9.54. The van der Waals surface area contributed by atoms with Gasteiger partial charge in [-0.15, -0.1) is 0 Å². The smallest absolute Gasteiger partial charge is 0.274 e. The molecule has 27 heavy (non-hydrogen) atoms. The summed E-state index contributed by atoms with van der Waals surface area (Å²) in [6.45, 7) is 2.52. The van der Waals surface area contributed by atoms with E-state index in [9.17, 15) is 9.59 Å². The average molecular weight is 368 g/mol. The fourth-order valence-electron chi connectivity index (χ4n) is 3.78. The van der Waals surface area contributed by atoms with Crippen LogP contribution in [0.25, 0.3) is 0 Å². The molecule has 2 aliphatic rings. The summed E-state index contributed by atoms with van der Waals surface area (Å²) in [4.78, 5) is 26.4. The van der Waals surface area contributed by atoms with Crippen molar-refractivity contribution in [3.05, 3.63) is 47.3 Å². The van der Waals surface area contributed by atoms with E-state index in [0.29, 0.717) is 24.7 Å². The molecule has 1 aromatic heterocycles. The van der Waals surface area contributed by atoms with Gasteiger partial charge in [-0.1, -0.05) is 12.1 Å². The maximum Gasteiger partial charge on any atom is 0.274 e. The Labute approximate surface area is 158 Å². The van der Waals surface area contributed by atoms with Gasteiger partial charge in [-0.25, -0.2) is 0 Å². The van der Waals surface area contributed by atoms with Crippen LogP contribution in [-0.2, 0) is 4.79 Å². The number of nitrogens with zero attached hydrogens (tertiary/aromatic N) is 2. The van der Waals surface area contributed by atoms with E-state index in [4.69, 9.17) is 4.74 Å². The first-order chi connectivity index (χ1) is 13.0. The minimum atomic E-state index is -0.123. The highest BCUT2D eigenvalue weighted by atomic mass is 16.5. The van der Waals surface area contributed by atoms with Crippen LogP contribution in [0.2, 0.25) is 0 Å². The first kappa shape index (κ1) is 17.6. The number of benzene rings is 1. The van der Waals surface area contributed by atoms with Gasteiger partial charge in [-0.3, -0.25) is 14.7 Å². The molecule has 2 heterocycles. The number of nitrogens with one attached hydrogen (secondary N) is 2. The van der Waals surface area contributed by atoms with Gasteiger partial charge < -0.3 is 15.0 Å². The summed E-state index contributed by atoms with van der Waals surface area (Å²) >= 11 is 0. The minimum absolute atomic E-state index is 0.0330. The Kier molecular flexibility index (Phi) is 4.59. The van der Waals surface area contributed by atoms with E-state index < -0.39 is 0 Å². The van der Waals surface area contributed by atoms with Crippen molar-refractivity contribution in [1.29, 1.82) is 0 Å². The topological polar surface area (TPSA) is 87.3 Å². The molecular formula is C20H24N4O3. The molecule has 1 saturated carbocycles. The SMILES string of the molecule is COc1ccc(C2CN(C(=O)c3cc(C4CC4)[nH]n3)CC2NC(C)=O)cc1. The van der Waals surface area contributed by atoms with Crippen LogP contribution < -0.4 is 10.1 Å². The van der Waals surface area contributed by atoms with Gasteiger partial charge in [0.15, 0.2) is 0 Å². The van der Waals surface area contributed by atoms with Crippen LogP contribution in [0.1, 0.15) is 53.3 Å². The van der Waals surface area contributed by atoms with Gasteiger partial charge in [0.1, 0.15) is 11.4 Å². The molecule has 2 fully saturated rings. The maximum absolute atomic E-state index is 12.9. The number of aromatic nitrogens is 2. The summed E-state index contributed by atoms with van der Waals surface area (Å²) in [6.07, 6.45) is 2.31. The zero-order valence-electron chi connectivity index (χ0n) is 15.6. The number of hydrogen-bond donors (Lipinski definition) is 2. The van der Waals surface area contributed by atoms with Gasteiger partial charge in [0.05, 0.1) is 13.2 Å². The van der Waals surface area contributed by atoms with Crippen molar-refractivity contribution in [3.63, 3.8) is 0 Å². The van der Waals surface area contributed by atoms with Crippen LogP contribution in [0.3, 0.4) is 0 Å². The van der Waals surface area contributed by atoms with E-state index >= 15 is 0 Å². The molecule has 1 aliphatic carbocycles. The van der Waals surface area contributed by atoms with Gasteiger partial charge in [-0.05, 0) is 36.6 Å². The molecule has 1 aromatic carbocycles. The number of carbonyl (C=O) groups excluding carboxylic acids is 2. The number of H-pyrrole nitrogens is 1. The molecule has 142 valence electrons. The minimum Gasteiger partial charge on any atom is -0.497 e. The molecule has 0 bridgehead atoms. The number of amides is 2. The summed E-state index contributed by atoms with van der Waals surface area (Å²) < 4.78 is 5.22. The standard InChI is InChI=1S/C20H24N4O3/c1-12(25)21-19-11-24(10-16(19)13-5-7-15(27-2)8-6-13)20(26)18-9-17(22-23-18)14-3-4-14/h5-9,14,16,19H,3-4,10-11H2,1-2H3,(H,21,25)(H,22,23). The number of hydrogen-bond acceptors (Lipinski definition) is 4. The van der Waals surface area contributed by atoms with Gasteiger partial charge in [0.25, 0.3) is 5.91 Å². The fourth-order valence-corrected chi connectivity index (χ4v) is 3.78. The van der Waals surface area contributed by atoms with Crippen molar-refractivity contribution in [3.8, 4) is 5.75 Å². The molecule has 2 N–H and O–H groups in total. The number of rotatable bonds is 5. The van der Waals surface area contributed by atoms with E-state index in [1.807, 2.05) is 30.3 Å². The first-order valence-corrected chi connectivity index (χ1v) is 9.30. The van der Waals surface area contributed by atoms with Crippen molar-refractivity contribution in [2.24, 2.45) is 0 Å². The van der Waals surface area contributed by atoms with Crippen molar-refractivity contribution < 1.29 is 14.3 Å². The second kappa shape index (κ2) is 7.06. The number of ether oxygens (including phenoxy) is 1. The Morgan fingerprint density at radius 1 is 1.22 bits per heavy atom. The highest BCUT2D eigenvalue weighted by Crippen LogP contribution is 2.39. The maximum atomic E-state index is 12.9. The zero-order valence-corrected chi connectivity index (χ0v) is 15.6. The fraction of sp³-hybridized carbons (Fsp3) is 0.450. The second-order valence-electron chi connectivity index (χ2n) is 7.38. The molecule has 7 heteroatoms. The molecule has 2 amide bonds. The first-order valence-electron chi connectivity index (χ1n) is 9.30. The predicted octanol–water partition coefficient (Wildman–Crippen LogP) is 2.04. The van der Waals surface area contributed by atoms with Crippen LogP contribution in [0.15, 0.2) is 30.3 Å². The Hall–Kier alpha value is -2.83. The summed E-state index contributed by atoms with van der Waals surface area (Å²) in [5, 5.41) is 10.2. The van der Waals surface area contributed by atoms with Crippen molar-refractivity contribution in [2.75, 3.05) is 20.2 Å². The Bertz CT molecular complexity index is 841. The van der Waals surface area contributed by atoms with E-state index in [1.54, 1.807) is 12.0 Å². The van der Waals surface area contributed by atoms with Crippen molar-refractivity contribution >= 4 is 11.8 Å². The third kappa shape index (κ3) is 3.67. The van der Waals surface area contributed by atoms with Crippen LogP contribution in [0.5, 0.6) is 5.75 Å².